The third kappa shape index (κ3) is 5.07. The highest BCUT2D eigenvalue weighted by atomic mass is 35.5. The lowest BCUT2D eigenvalue weighted by atomic mass is 10.2. The van der Waals surface area contributed by atoms with Gasteiger partial charge in [0.1, 0.15) is 23.9 Å². The molecule has 1 N–H and O–H groups in total. The second-order valence-corrected chi connectivity index (χ2v) is 6.96. The molecule has 0 atom stereocenters. The fourth-order valence-electron chi connectivity index (χ4n) is 2.81. The molecular weight excluding hydrogens is 409 g/mol. The number of nitrogens with zero attached hydrogens (tertiary/aromatic N) is 2. The largest absolute Gasteiger partial charge is 0.486 e. The standard InChI is InChI=1S/C22H17ClFN3O3/c23-16-11-25-27(13-16)12-15-2-1-3-18(10-15)26-22(28)21-9-8-20(30-21)14-29-19-6-4-17(24)5-7-19/h1-11,13H,12,14H2,(H,26,28). The molecule has 6 nitrogen and oxygen atoms in total. The predicted molar refractivity (Wildman–Crippen MR) is 110 cm³/mol. The first-order chi connectivity index (χ1) is 14.5. The van der Waals surface area contributed by atoms with Gasteiger partial charge in [0.15, 0.2) is 5.76 Å². The van der Waals surface area contributed by atoms with E-state index in [0.29, 0.717) is 28.8 Å². The van der Waals surface area contributed by atoms with Crippen molar-refractivity contribution in [2.45, 2.75) is 13.2 Å². The van der Waals surface area contributed by atoms with Crippen LogP contribution >= 0.6 is 11.6 Å². The van der Waals surface area contributed by atoms with E-state index < -0.39 is 0 Å². The molecule has 0 saturated heterocycles. The Morgan fingerprint density at radius 3 is 2.77 bits per heavy atom. The van der Waals surface area contributed by atoms with Gasteiger partial charge in [-0.3, -0.25) is 9.48 Å². The van der Waals surface area contributed by atoms with Crippen molar-refractivity contribution in [1.29, 1.82) is 0 Å². The van der Waals surface area contributed by atoms with Gasteiger partial charge in [-0.1, -0.05) is 23.7 Å². The van der Waals surface area contributed by atoms with Crippen LogP contribution in [0.1, 0.15) is 21.9 Å². The SMILES string of the molecule is O=C(Nc1cccc(Cn2cc(Cl)cn2)c1)c1ccc(COc2ccc(F)cc2)o1. The van der Waals surface area contributed by atoms with Crippen LogP contribution < -0.4 is 10.1 Å². The van der Waals surface area contributed by atoms with Gasteiger partial charge in [0.2, 0.25) is 0 Å². The number of amides is 1. The average Bonchev–Trinajstić information content (AvgIpc) is 3.37. The number of carbonyl (C=O) groups is 1. The zero-order valence-electron chi connectivity index (χ0n) is 15.7. The highest BCUT2D eigenvalue weighted by Crippen LogP contribution is 2.17. The van der Waals surface area contributed by atoms with Crippen LogP contribution in [0.25, 0.3) is 0 Å². The van der Waals surface area contributed by atoms with Crippen LogP contribution in [0, 0.1) is 5.82 Å². The summed E-state index contributed by atoms with van der Waals surface area (Å²) in [6.45, 7) is 0.656. The van der Waals surface area contributed by atoms with Gasteiger partial charge in [-0.25, -0.2) is 4.39 Å². The van der Waals surface area contributed by atoms with Crippen molar-refractivity contribution in [2.75, 3.05) is 5.32 Å². The van der Waals surface area contributed by atoms with Crippen LogP contribution in [0.4, 0.5) is 10.1 Å². The fourth-order valence-corrected chi connectivity index (χ4v) is 2.97. The highest BCUT2D eigenvalue weighted by Gasteiger charge is 2.12. The Morgan fingerprint density at radius 1 is 1.17 bits per heavy atom. The first-order valence-electron chi connectivity index (χ1n) is 9.10. The van der Waals surface area contributed by atoms with E-state index >= 15 is 0 Å². The van der Waals surface area contributed by atoms with Gasteiger partial charge in [-0.15, -0.1) is 0 Å². The average molecular weight is 426 g/mol. The van der Waals surface area contributed by atoms with Crippen molar-refractivity contribution in [2.24, 2.45) is 0 Å². The molecule has 2 aromatic heterocycles. The molecule has 0 saturated carbocycles. The van der Waals surface area contributed by atoms with E-state index in [-0.39, 0.29) is 24.1 Å². The number of halogens is 2. The normalized spacial score (nSPS) is 10.7. The number of ether oxygens (including phenoxy) is 1. The second kappa shape index (κ2) is 8.84. The molecule has 4 aromatic rings. The zero-order chi connectivity index (χ0) is 20.9. The summed E-state index contributed by atoms with van der Waals surface area (Å²) in [6, 6.07) is 16.3. The Kier molecular flexibility index (Phi) is 5.81. The number of carbonyl (C=O) groups excluding carboxylic acids is 1. The predicted octanol–water partition coefficient (Wildman–Crippen LogP) is 5.15. The van der Waals surface area contributed by atoms with Crippen molar-refractivity contribution in [3.63, 3.8) is 0 Å². The summed E-state index contributed by atoms with van der Waals surface area (Å²) in [7, 11) is 0. The lowest BCUT2D eigenvalue weighted by molar-refractivity contribution is 0.0992. The van der Waals surface area contributed by atoms with Crippen molar-refractivity contribution in [3.8, 4) is 5.75 Å². The molecular formula is C22H17ClFN3O3. The lowest BCUT2D eigenvalue weighted by Gasteiger charge is -2.07. The number of hydrogen-bond donors (Lipinski definition) is 1. The molecule has 152 valence electrons. The molecule has 0 unspecified atom stereocenters. The molecule has 4 rings (SSSR count). The Balaban J connectivity index is 1.36. The van der Waals surface area contributed by atoms with Gasteiger partial charge in [0, 0.05) is 11.9 Å². The summed E-state index contributed by atoms with van der Waals surface area (Å²) < 4.78 is 25.7. The molecule has 30 heavy (non-hydrogen) atoms. The topological polar surface area (TPSA) is 69.3 Å². The molecule has 0 aliphatic heterocycles. The molecule has 0 spiro atoms. The number of rotatable bonds is 7. The van der Waals surface area contributed by atoms with Gasteiger partial charge in [0.25, 0.3) is 5.91 Å². The number of aromatic nitrogens is 2. The summed E-state index contributed by atoms with van der Waals surface area (Å²) in [5.74, 6) is 0.443. The summed E-state index contributed by atoms with van der Waals surface area (Å²) in [5, 5.41) is 7.53. The minimum Gasteiger partial charge on any atom is -0.486 e. The zero-order valence-corrected chi connectivity index (χ0v) is 16.5. The monoisotopic (exact) mass is 425 g/mol. The van der Waals surface area contributed by atoms with Crippen LogP contribution in [0.5, 0.6) is 5.75 Å². The molecule has 8 heteroatoms. The van der Waals surface area contributed by atoms with E-state index in [0.717, 1.165) is 5.56 Å². The molecule has 1 amide bonds. The molecule has 0 aliphatic carbocycles. The number of furan rings is 1. The molecule has 0 bridgehead atoms. The van der Waals surface area contributed by atoms with Gasteiger partial charge in [0.05, 0.1) is 17.8 Å². The Bertz CT molecular complexity index is 1150. The van der Waals surface area contributed by atoms with Crippen molar-refractivity contribution in [1.82, 2.24) is 9.78 Å². The smallest absolute Gasteiger partial charge is 0.291 e. The summed E-state index contributed by atoms with van der Waals surface area (Å²) in [6.07, 6.45) is 3.30. The van der Waals surface area contributed by atoms with Crippen LogP contribution in [0.3, 0.4) is 0 Å². The first kappa shape index (κ1) is 19.7. The molecule has 2 aromatic carbocycles. The molecule has 0 radical (unpaired) electrons. The maximum Gasteiger partial charge on any atom is 0.291 e. The van der Waals surface area contributed by atoms with Gasteiger partial charge >= 0.3 is 0 Å². The van der Waals surface area contributed by atoms with Gasteiger partial charge < -0.3 is 14.5 Å². The fraction of sp³-hybridized carbons (Fsp3) is 0.0909. The minimum atomic E-state index is -0.373. The molecule has 2 heterocycles. The van der Waals surface area contributed by atoms with E-state index in [1.807, 2.05) is 18.2 Å². The van der Waals surface area contributed by atoms with Crippen molar-refractivity contribution >= 4 is 23.2 Å². The van der Waals surface area contributed by atoms with E-state index in [1.54, 1.807) is 35.3 Å². The quantitative estimate of drug-likeness (QED) is 0.444. The van der Waals surface area contributed by atoms with Gasteiger partial charge in [-0.2, -0.15) is 5.10 Å². The number of benzene rings is 2. The van der Waals surface area contributed by atoms with E-state index in [1.165, 1.54) is 24.3 Å². The van der Waals surface area contributed by atoms with Crippen molar-refractivity contribution < 1.29 is 18.3 Å². The Labute approximate surface area is 176 Å². The van der Waals surface area contributed by atoms with Crippen LogP contribution in [0.2, 0.25) is 5.02 Å². The van der Waals surface area contributed by atoms with Crippen molar-refractivity contribution in [3.05, 3.63) is 101 Å². The third-order valence-electron chi connectivity index (χ3n) is 4.21. The second-order valence-electron chi connectivity index (χ2n) is 6.52. The minimum absolute atomic E-state index is 0.126. The lowest BCUT2D eigenvalue weighted by Crippen LogP contribution is -2.11. The number of nitrogens with one attached hydrogen (secondary N) is 1. The Hall–Kier alpha value is -3.58. The highest BCUT2D eigenvalue weighted by molar-refractivity contribution is 6.30. The maximum absolute atomic E-state index is 12.9. The number of anilines is 1. The summed E-state index contributed by atoms with van der Waals surface area (Å²) in [5.41, 5.74) is 1.59. The third-order valence-corrected chi connectivity index (χ3v) is 4.41. The van der Waals surface area contributed by atoms with Crippen LogP contribution in [-0.4, -0.2) is 15.7 Å². The summed E-state index contributed by atoms with van der Waals surface area (Å²) in [4.78, 5) is 12.5. The van der Waals surface area contributed by atoms with E-state index in [9.17, 15) is 9.18 Å². The van der Waals surface area contributed by atoms with E-state index in [2.05, 4.69) is 10.4 Å². The maximum atomic E-state index is 12.9. The van der Waals surface area contributed by atoms with E-state index in [4.69, 9.17) is 20.8 Å². The first-order valence-corrected chi connectivity index (χ1v) is 9.48. The van der Waals surface area contributed by atoms with Gasteiger partial charge in [-0.05, 0) is 54.1 Å². The molecule has 0 fully saturated rings. The van der Waals surface area contributed by atoms with Crippen LogP contribution in [0.15, 0.2) is 77.5 Å². The number of hydrogen-bond acceptors (Lipinski definition) is 4. The molecule has 0 aliphatic rings. The van der Waals surface area contributed by atoms with Crippen LogP contribution in [-0.2, 0) is 13.2 Å². The Morgan fingerprint density at radius 2 is 2.00 bits per heavy atom. The summed E-state index contributed by atoms with van der Waals surface area (Å²) >= 11 is 5.89.